The van der Waals surface area contributed by atoms with E-state index in [1.165, 1.54) is 18.9 Å². The molecule has 1 aliphatic rings. The van der Waals surface area contributed by atoms with Gasteiger partial charge < -0.3 is 14.6 Å². The first-order valence-electron chi connectivity index (χ1n) is 13.2. The third kappa shape index (κ3) is 6.45. The molecule has 2 heterocycles. The third-order valence-electron chi connectivity index (χ3n) is 6.80. The van der Waals surface area contributed by atoms with Crippen LogP contribution in [0.1, 0.15) is 72.8 Å². The first-order valence-corrected chi connectivity index (χ1v) is 13.2. The van der Waals surface area contributed by atoms with Crippen LogP contribution in [0.5, 0.6) is 5.75 Å². The van der Waals surface area contributed by atoms with Crippen molar-refractivity contribution in [2.75, 3.05) is 7.05 Å². The number of carbonyl (C=O) groups is 1. The summed E-state index contributed by atoms with van der Waals surface area (Å²) in [6, 6.07) is 15.9. The minimum absolute atomic E-state index is 0.237. The number of aromatic nitrogens is 2. The van der Waals surface area contributed by atoms with Crippen LogP contribution in [0.3, 0.4) is 0 Å². The number of fused-ring (bicyclic) bond motifs is 1. The summed E-state index contributed by atoms with van der Waals surface area (Å²) in [6.07, 6.45) is 7.87. The molecule has 1 aliphatic carbocycles. The molecule has 4 aromatic rings. The number of aldehydes is 1. The van der Waals surface area contributed by atoms with Crippen molar-refractivity contribution >= 4 is 17.2 Å². The van der Waals surface area contributed by atoms with E-state index in [1.807, 2.05) is 36.5 Å². The maximum absolute atomic E-state index is 12.5. The molecule has 200 valence electrons. The predicted octanol–water partition coefficient (Wildman–Crippen LogP) is 7.03. The molecule has 0 aliphatic heterocycles. The maximum atomic E-state index is 12.5. The number of carbonyl (C=O) groups excluding carboxylic acids is 1. The van der Waals surface area contributed by atoms with Crippen molar-refractivity contribution in [2.24, 2.45) is 0 Å². The lowest BCUT2D eigenvalue weighted by Gasteiger charge is -2.15. The Hall–Kier alpha value is -3.58. The Morgan fingerprint density at radius 3 is 2.50 bits per heavy atom. The number of rotatable bonds is 8. The SMILES string of the molecule is CC(C)c1c(C=O)c2ccc(OC3CCCC3)cc2n1Cc1ccccn1.CNCc1ccc(F)c(F)c1. The van der Waals surface area contributed by atoms with Gasteiger partial charge in [-0.2, -0.15) is 0 Å². The smallest absolute Gasteiger partial charge is 0.159 e. The van der Waals surface area contributed by atoms with Crippen LogP contribution >= 0.6 is 0 Å². The molecular formula is C31H35F2N3O2. The van der Waals surface area contributed by atoms with Crippen molar-refractivity contribution in [1.29, 1.82) is 0 Å². The normalized spacial score (nSPS) is 13.5. The number of nitrogens with zero attached hydrogens (tertiary/aromatic N) is 2. The minimum atomic E-state index is -0.801. The Morgan fingerprint density at radius 1 is 1.08 bits per heavy atom. The lowest BCUT2D eigenvalue weighted by Crippen LogP contribution is -2.11. The zero-order valence-electron chi connectivity index (χ0n) is 22.2. The number of halogens is 2. The van der Waals surface area contributed by atoms with Crippen molar-refractivity contribution in [3.8, 4) is 5.75 Å². The van der Waals surface area contributed by atoms with Crippen LogP contribution in [-0.4, -0.2) is 29.0 Å². The second-order valence-corrected chi connectivity index (χ2v) is 9.96. The fourth-order valence-corrected chi connectivity index (χ4v) is 5.07. The average Bonchev–Trinajstić information content (AvgIpc) is 3.53. The Balaban J connectivity index is 0.000000257. The largest absolute Gasteiger partial charge is 0.490 e. The summed E-state index contributed by atoms with van der Waals surface area (Å²) in [7, 11) is 1.75. The van der Waals surface area contributed by atoms with Crippen LogP contribution in [0, 0.1) is 11.6 Å². The molecule has 0 spiro atoms. The Labute approximate surface area is 222 Å². The second kappa shape index (κ2) is 12.8. The monoisotopic (exact) mass is 519 g/mol. The first-order chi connectivity index (χ1) is 18.4. The van der Waals surface area contributed by atoms with E-state index in [9.17, 15) is 13.6 Å². The summed E-state index contributed by atoms with van der Waals surface area (Å²) in [6.45, 7) is 5.46. The van der Waals surface area contributed by atoms with Crippen LogP contribution in [0.2, 0.25) is 0 Å². The fourth-order valence-electron chi connectivity index (χ4n) is 5.07. The molecule has 7 heteroatoms. The van der Waals surface area contributed by atoms with E-state index < -0.39 is 11.6 Å². The summed E-state index contributed by atoms with van der Waals surface area (Å²) in [5.41, 5.74) is 4.61. The Morgan fingerprint density at radius 2 is 1.87 bits per heavy atom. The standard InChI is InChI=1S/C23H26N2O2.C8H9F2N/c1-16(2)23-21(15-26)20-11-10-19(27-18-8-3-4-9-18)13-22(20)25(23)14-17-7-5-6-12-24-17;1-11-5-6-2-3-7(9)8(10)4-6/h5-7,10-13,15-16,18H,3-4,8-9,14H2,1-2H3;2-4,11H,5H2,1H3. The molecule has 1 saturated carbocycles. The van der Waals surface area contributed by atoms with Gasteiger partial charge in [0.05, 0.1) is 23.9 Å². The zero-order chi connectivity index (χ0) is 27.1. The molecule has 0 atom stereocenters. The molecule has 1 fully saturated rings. The van der Waals surface area contributed by atoms with Crippen molar-refractivity contribution in [3.63, 3.8) is 0 Å². The van der Waals surface area contributed by atoms with Gasteiger partial charge >= 0.3 is 0 Å². The number of ether oxygens (including phenoxy) is 1. The van der Waals surface area contributed by atoms with Crippen LogP contribution in [0.4, 0.5) is 8.78 Å². The number of hydrogen-bond acceptors (Lipinski definition) is 4. The van der Waals surface area contributed by atoms with Crippen LogP contribution < -0.4 is 10.1 Å². The fraction of sp³-hybridized carbons (Fsp3) is 0.355. The van der Waals surface area contributed by atoms with Crippen molar-refractivity contribution in [2.45, 2.75) is 64.6 Å². The molecule has 2 aromatic heterocycles. The quantitative estimate of drug-likeness (QED) is 0.254. The molecule has 0 radical (unpaired) electrons. The molecule has 2 aromatic carbocycles. The summed E-state index contributed by atoms with van der Waals surface area (Å²) in [5, 5.41) is 3.83. The van der Waals surface area contributed by atoms with Crippen molar-refractivity contribution in [3.05, 3.63) is 94.9 Å². The summed E-state index contributed by atoms with van der Waals surface area (Å²) in [4.78, 5) is 16.4. The van der Waals surface area contributed by atoms with Gasteiger partial charge in [-0.15, -0.1) is 0 Å². The van der Waals surface area contributed by atoms with E-state index >= 15 is 0 Å². The van der Waals surface area contributed by atoms with Crippen molar-refractivity contribution in [1.82, 2.24) is 14.9 Å². The van der Waals surface area contributed by atoms with E-state index in [0.29, 0.717) is 19.2 Å². The number of pyridine rings is 1. The summed E-state index contributed by atoms with van der Waals surface area (Å²) < 4.78 is 33.3. The summed E-state index contributed by atoms with van der Waals surface area (Å²) >= 11 is 0. The average molecular weight is 520 g/mol. The third-order valence-corrected chi connectivity index (χ3v) is 6.80. The molecule has 38 heavy (non-hydrogen) atoms. The molecule has 0 bridgehead atoms. The van der Waals surface area contributed by atoms with Gasteiger partial charge in [0, 0.05) is 35.5 Å². The van der Waals surface area contributed by atoms with E-state index in [2.05, 4.69) is 34.8 Å². The first kappa shape index (κ1) is 27.5. The van der Waals surface area contributed by atoms with E-state index in [-0.39, 0.29) is 5.92 Å². The number of hydrogen-bond donors (Lipinski definition) is 1. The highest BCUT2D eigenvalue weighted by molar-refractivity contribution is 6.00. The maximum Gasteiger partial charge on any atom is 0.159 e. The highest BCUT2D eigenvalue weighted by Crippen LogP contribution is 2.34. The molecule has 5 rings (SSSR count). The summed E-state index contributed by atoms with van der Waals surface area (Å²) in [5.74, 6) is -0.468. The van der Waals surface area contributed by atoms with Crippen molar-refractivity contribution < 1.29 is 18.3 Å². The van der Waals surface area contributed by atoms with E-state index in [4.69, 9.17) is 4.74 Å². The minimum Gasteiger partial charge on any atom is -0.490 e. The molecule has 0 amide bonds. The molecule has 0 unspecified atom stereocenters. The Kier molecular flexibility index (Phi) is 9.24. The zero-order valence-corrected chi connectivity index (χ0v) is 22.2. The van der Waals surface area contributed by atoms with Crippen LogP contribution in [0.25, 0.3) is 10.9 Å². The number of benzene rings is 2. The lowest BCUT2D eigenvalue weighted by molar-refractivity contribution is 0.112. The van der Waals surface area contributed by atoms with Gasteiger partial charge in [0.1, 0.15) is 5.75 Å². The molecular weight excluding hydrogens is 484 g/mol. The van der Waals surface area contributed by atoms with Gasteiger partial charge in [0.15, 0.2) is 17.9 Å². The van der Waals surface area contributed by atoms with Gasteiger partial charge in [-0.3, -0.25) is 9.78 Å². The molecule has 0 saturated heterocycles. The molecule has 5 nitrogen and oxygen atoms in total. The Bertz CT molecular complexity index is 1360. The van der Waals surface area contributed by atoms with E-state index in [0.717, 1.165) is 64.4 Å². The van der Waals surface area contributed by atoms with Gasteiger partial charge in [-0.25, -0.2) is 8.78 Å². The van der Waals surface area contributed by atoms with Gasteiger partial charge in [-0.1, -0.05) is 26.0 Å². The van der Waals surface area contributed by atoms with Gasteiger partial charge in [0.2, 0.25) is 0 Å². The highest BCUT2D eigenvalue weighted by Gasteiger charge is 2.21. The topological polar surface area (TPSA) is 56.2 Å². The molecule has 1 N–H and O–H groups in total. The van der Waals surface area contributed by atoms with E-state index in [1.54, 1.807) is 13.1 Å². The predicted molar refractivity (Wildman–Crippen MR) is 147 cm³/mol. The van der Waals surface area contributed by atoms with Crippen LogP contribution in [-0.2, 0) is 13.1 Å². The van der Waals surface area contributed by atoms with Gasteiger partial charge in [0.25, 0.3) is 0 Å². The van der Waals surface area contributed by atoms with Gasteiger partial charge in [-0.05, 0) is 80.6 Å². The number of nitrogens with one attached hydrogen (secondary N) is 1. The second-order valence-electron chi connectivity index (χ2n) is 9.96. The lowest BCUT2D eigenvalue weighted by atomic mass is 10.0. The van der Waals surface area contributed by atoms with Crippen LogP contribution in [0.15, 0.2) is 60.8 Å². The highest BCUT2D eigenvalue weighted by atomic mass is 19.2.